The lowest BCUT2D eigenvalue weighted by Crippen LogP contribution is -2.44. The lowest BCUT2D eigenvalue weighted by molar-refractivity contribution is 0.158. The molecule has 0 aliphatic heterocycles. The Bertz CT molecular complexity index is 766. The number of hydrogen-bond acceptors (Lipinski definition) is 5. The molecule has 0 radical (unpaired) electrons. The highest BCUT2D eigenvalue weighted by Crippen LogP contribution is 2.17. The maximum atomic E-state index is 12.3. The van der Waals surface area contributed by atoms with E-state index < -0.39 is 17.9 Å². The molecule has 0 bridgehead atoms. The van der Waals surface area contributed by atoms with Crippen molar-refractivity contribution in [1.82, 2.24) is 19.7 Å². The van der Waals surface area contributed by atoms with Crippen LogP contribution >= 0.6 is 11.6 Å². The van der Waals surface area contributed by atoms with Crippen LogP contribution in [0.3, 0.4) is 0 Å². The van der Waals surface area contributed by atoms with Gasteiger partial charge in [0, 0.05) is 32.6 Å². The molecule has 24 heavy (non-hydrogen) atoms. The summed E-state index contributed by atoms with van der Waals surface area (Å²) < 4.78 is 7.76. The van der Waals surface area contributed by atoms with Gasteiger partial charge in [-0.3, -0.25) is 4.57 Å². The summed E-state index contributed by atoms with van der Waals surface area (Å²) in [4.78, 5) is 26.1. The van der Waals surface area contributed by atoms with Gasteiger partial charge in [-0.25, -0.2) is 9.59 Å². The number of ether oxygens (including phenoxy) is 1. The van der Waals surface area contributed by atoms with E-state index in [0.717, 1.165) is 4.68 Å². The zero-order valence-corrected chi connectivity index (χ0v) is 14.7. The predicted molar refractivity (Wildman–Crippen MR) is 91.9 cm³/mol. The Morgan fingerprint density at radius 3 is 2.50 bits per heavy atom. The second kappa shape index (κ2) is 7.39. The number of carbonyl (C=O) groups is 1. The summed E-state index contributed by atoms with van der Waals surface area (Å²) in [5, 5.41) is 7.26. The molecule has 1 amide bonds. The van der Waals surface area contributed by atoms with Crippen LogP contribution in [0, 0.1) is 0 Å². The maximum Gasteiger partial charge on any atom is 0.355 e. The van der Waals surface area contributed by atoms with E-state index in [-0.39, 0.29) is 0 Å². The summed E-state index contributed by atoms with van der Waals surface area (Å²) >= 11 is 5.83. The Kier molecular flexibility index (Phi) is 5.50. The fourth-order valence-corrected chi connectivity index (χ4v) is 2.17. The van der Waals surface area contributed by atoms with Crippen LogP contribution < -0.4 is 20.6 Å². The van der Waals surface area contributed by atoms with Crippen LogP contribution in [-0.4, -0.2) is 40.7 Å². The molecule has 0 fully saturated rings. The number of nitrogens with one attached hydrogen (secondary N) is 1. The number of rotatable bonds is 5. The number of benzene rings is 1. The van der Waals surface area contributed by atoms with E-state index in [2.05, 4.69) is 10.4 Å². The van der Waals surface area contributed by atoms with Crippen molar-refractivity contribution in [2.75, 3.05) is 19.0 Å². The van der Waals surface area contributed by atoms with E-state index in [4.69, 9.17) is 16.3 Å². The molecule has 9 heteroatoms. The van der Waals surface area contributed by atoms with Gasteiger partial charge in [-0.1, -0.05) is 18.5 Å². The SMILES string of the molecule is CCC(NC(=O)n1nc(N(C)C)n(C)c1=O)Oc1ccc(Cl)cc1. The number of hydrogen-bond donors (Lipinski definition) is 1. The minimum atomic E-state index is -0.649. The largest absolute Gasteiger partial charge is 0.471 e. The number of anilines is 1. The Labute approximate surface area is 144 Å². The zero-order chi connectivity index (χ0) is 17.9. The fourth-order valence-electron chi connectivity index (χ4n) is 2.04. The average Bonchev–Trinajstić information content (AvgIpc) is 2.85. The molecule has 1 N–H and O–H groups in total. The van der Waals surface area contributed by atoms with Crippen molar-refractivity contribution in [2.24, 2.45) is 7.05 Å². The van der Waals surface area contributed by atoms with Crippen molar-refractivity contribution in [3.8, 4) is 5.75 Å². The highest BCUT2D eigenvalue weighted by atomic mass is 35.5. The second-order valence-corrected chi connectivity index (χ2v) is 5.80. The van der Waals surface area contributed by atoms with Gasteiger partial charge in [0.2, 0.25) is 5.95 Å². The average molecular weight is 354 g/mol. The highest BCUT2D eigenvalue weighted by molar-refractivity contribution is 6.30. The first kappa shape index (κ1) is 17.9. The molecule has 2 rings (SSSR count). The number of amides is 1. The predicted octanol–water partition coefficient (Wildman–Crippen LogP) is 1.67. The van der Waals surface area contributed by atoms with Gasteiger partial charge >= 0.3 is 11.7 Å². The van der Waals surface area contributed by atoms with E-state index in [1.54, 1.807) is 50.3 Å². The summed E-state index contributed by atoms with van der Waals surface area (Å²) in [5.74, 6) is 0.940. The van der Waals surface area contributed by atoms with Crippen LogP contribution in [0.25, 0.3) is 0 Å². The topological polar surface area (TPSA) is 81.4 Å². The molecule has 0 aliphatic carbocycles. The number of carbonyl (C=O) groups excluding carboxylic acids is 1. The lowest BCUT2D eigenvalue weighted by Gasteiger charge is -2.18. The quantitative estimate of drug-likeness (QED) is 0.827. The third-order valence-corrected chi connectivity index (χ3v) is 3.55. The second-order valence-electron chi connectivity index (χ2n) is 5.37. The van der Waals surface area contributed by atoms with E-state index in [1.165, 1.54) is 4.57 Å². The molecular formula is C15H20ClN5O3. The van der Waals surface area contributed by atoms with Gasteiger partial charge in [0.1, 0.15) is 5.75 Å². The van der Waals surface area contributed by atoms with Crippen molar-refractivity contribution in [2.45, 2.75) is 19.6 Å². The zero-order valence-electron chi connectivity index (χ0n) is 14.0. The number of halogens is 1. The number of nitrogens with zero attached hydrogens (tertiary/aromatic N) is 4. The van der Waals surface area contributed by atoms with Crippen LogP contribution in [0.4, 0.5) is 10.7 Å². The smallest absolute Gasteiger partial charge is 0.355 e. The standard InChI is InChI=1S/C15H20ClN5O3/c1-5-12(24-11-8-6-10(16)7-9-11)17-14(22)21-15(23)20(4)13(18-21)19(2)3/h6-9,12H,5H2,1-4H3,(H,17,22). The summed E-state index contributed by atoms with van der Waals surface area (Å²) in [6, 6.07) is 6.14. The minimum absolute atomic E-state index is 0.377. The molecule has 0 aliphatic rings. The Balaban J connectivity index is 2.13. The van der Waals surface area contributed by atoms with Gasteiger partial charge in [0.25, 0.3) is 0 Å². The molecule has 8 nitrogen and oxygen atoms in total. The molecule has 0 spiro atoms. The Hall–Kier alpha value is -2.48. The van der Waals surface area contributed by atoms with Crippen LogP contribution in [-0.2, 0) is 7.05 Å². The van der Waals surface area contributed by atoms with Crippen molar-refractivity contribution < 1.29 is 9.53 Å². The lowest BCUT2D eigenvalue weighted by atomic mass is 10.3. The van der Waals surface area contributed by atoms with Crippen LogP contribution in [0.15, 0.2) is 29.1 Å². The third kappa shape index (κ3) is 3.88. The van der Waals surface area contributed by atoms with E-state index in [0.29, 0.717) is 23.1 Å². The van der Waals surface area contributed by atoms with Gasteiger partial charge in [-0.2, -0.15) is 0 Å². The van der Waals surface area contributed by atoms with Gasteiger partial charge < -0.3 is 15.0 Å². The van der Waals surface area contributed by atoms with E-state index in [1.807, 2.05) is 6.92 Å². The van der Waals surface area contributed by atoms with Gasteiger partial charge in [0.15, 0.2) is 6.23 Å². The maximum absolute atomic E-state index is 12.3. The summed E-state index contributed by atoms with van der Waals surface area (Å²) in [6.07, 6.45) is -0.0911. The molecule has 1 aromatic heterocycles. The van der Waals surface area contributed by atoms with Crippen molar-refractivity contribution >= 4 is 23.6 Å². The van der Waals surface area contributed by atoms with Crippen molar-refractivity contribution in [1.29, 1.82) is 0 Å². The third-order valence-electron chi connectivity index (χ3n) is 3.30. The van der Waals surface area contributed by atoms with Crippen molar-refractivity contribution in [3.63, 3.8) is 0 Å². The van der Waals surface area contributed by atoms with Crippen LogP contribution in [0.5, 0.6) is 5.75 Å². The van der Waals surface area contributed by atoms with E-state index >= 15 is 0 Å². The van der Waals surface area contributed by atoms with Gasteiger partial charge in [-0.15, -0.1) is 9.78 Å². The summed E-state index contributed by atoms with van der Waals surface area (Å²) in [6.45, 7) is 1.85. The van der Waals surface area contributed by atoms with Crippen LogP contribution in [0.1, 0.15) is 13.3 Å². The molecule has 0 saturated carbocycles. The van der Waals surface area contributed by atoms with Gasteiger partial charge in [-0.05, 0) is 24.3 Å². The first-order valence-electron chi connectivity index (χ1n) is 7.40. The Morgan fingerprint density at radius 2 is 2.00 bits per heavy atom. The van der Waals surface area contributed by atoms with Gasteiger partial charge in [0.05, 0.1) is 0 Å². The molecule has 1 heterocycles. The summed E-state index contributed by atoms with van der Waals surface area (Å²) in [5.41, 5.74) is -0.530. The Morgan fingerprint density at radius 1 is 1.38 bits per heavy atom. The molecule has 1 unspecified atom stereocenters. The fraction of sp³-hybridized carbons (Fsp3) is 0.400. The van der Waals surface area contributed by atoms with Crippen molar-refractivity contribution in [3.05, 3.63) is 39.8 Å². The normalized spacial score (nSPS) is 11.9. The number of aromatic nitrogens is 3. The molecular weight excluding hydrogens is 334 g/mol. The van der Waals surface area contributed by atoms with Crippen LogP contribution in [0.2, 0.25) is 5.02 Å². The first-order chi connectivity index (χ1) is 11.3. The molecule has 1 atom stereocenters. The monoisotopic (exact) mass is 353 g/mol. The molecule has 2 aromatic rings. The minimum Gasteiger partial charge on any atom is -0.471 e. The summed E-state index contributed by atoms with van der Waals surface area (Å²) in [7, 11) is 5.03. The molecule has 0 saturated heterocycles. The molecule has 130 valence electrons. The van der Waals surface area contributed by atoms with E-state index in [9.17, 15) is 9.59 Å². The highest BCUT2D eigenvalue weighted by Gasteiger charge is 2.20. The molecule has 1 aromatic carbocycles. The first-order valence-corrected chi connectivity index (χ1v) is 7.77.